The van der Waals surface area contributed by atoms with Crippen LogP contribution in [0.3, 0.4) is 0 Å². The number of nitrogens with zero attached hydrogens (tertiary/aromatic N) is 2. The third kappa shape index (κ3) is 3.37. The quantitative estimate of drug-likeness (QED) is 0.421. The van der Waals surface area contributed by atoms with Crippen molar-refractivity contribution in [3.05, 3.63) is 53.2 Å². The summed E-state index contributed by atoms with van der Waals surface area (Å²) < 4.78 is 23.8. The molecule has 0 saturated carbocycles. The summed E-state index contributed by atoms with van der Waals surface area (Å²) in [6.07, 6.45) is 3.78. The lowest BCUT2D eigenvalue weighted by molar-refractivity contribution is -0.110. The van der Waals surface area contributed by atoms with Crippen molar-refractivity contribution >= 4 is 39.5 Å². The van der Waals surface area contributed by atoms with Gasteiger partial charge in [-0.25, -0.2) is 4.98 Å². The van der Waals surface area contributed by atoms with Gasteiger partial charge in [0.15, 0.2) is 16.5 Å². The van der Waals surface area contributed by atoms with Gasteiger partial charge in [0.05, 0.1) is 45.4 Å². The minimum Gasteiger partial charge on any atom is -0.497 e. The van der Waals surface area contributed by atoms with E-state index >= 15 is 0 Å². The molecule has 2 aromatic carbocycles. The molecule has 1 aliphatic rings. The van der Waals surface area contributed by atoms with Crippen LogP contribution in [-0.2, 0) is 4.79 Å². The summed E-state index contributed by atoms with van der Waals surface area (Å²) >= 11 is 1.51. The zero-order valence-corrected chi connectivity index (χ0v) is 19.3. The number of hydrogen-bond donors (Lipinski definition) is 1. The van der Waals surface area contributed by atoms with Gasteiger partial charge >= 0.3 is 0 Å². The van der Waals surface area contributed by atoms with Crippen molar-refractivity contribution in [2.45, 2.75) is 0 Å². The number of thiazole rings is 1. The number of rotatable bonds is 6. The molecule has 1 aliphatic heterocycles. The molecule has 0 bridgehead atoms. The van der Waals surface area contributed by atoms with Gasteiger partial charge < -0.3 is 24.3 Å². The van der Waals surface area contributed by atoms with Crippen LogP contribution in [0.4, 0.5) is 5.69 Å². The molecule has 8 nitrogen and oxygen atoms in total. The molecule has 168 valence electrons. The number of carbonyl (C=O) groups is 1. The number of aromatic nitrogens is 2. The van der Waals surface area contributed by atoms with Crippen LogP contribution in [0.1, 0.15) is 11.3 Å². The van der Waals surface area contributed by atoms with E-state index in [1.165, 1.54) is 11.3 Å². The Morgan fingerprint density at radius 2 is 1.76 bits per heavy atom. The number of ether oxygens (including phenoxy) is 4. The number of imidazole rings is 1. The molecular formula is C24H21N3O5S. The molecule has 0 unspecified atom stereocenters. The second-order valence-electron chi connectivity index (χ2n) is 7.24. The molecule has 0 saturated heterocycles. The molecule has 33 heavy (non-hydrogen) atoms. The normalized spacial score (nSPS) is 13.8. The maximum atomic E-state index is 12.9. The van der Waals surface area contributed by atoms with Gasteiger partial charge in [0.2, 0.25) is 5.75 Å². The molecule has 1 amide bonds. The number of benzene rings is 2. The van der Waals surface area contributed by atoms with Crippen LogP contribution in [0.5, 0.6) is 23.0 Å². The average Bonchev–Trinajstić information content (AvgIpc) is 3.52. The molecule has 4 aromatic rings. The van der Waals surface area contributed by atoms with Crippen molar-refractivity contribution in [3.8, 4) is 34.3 Å². The van der Waals surface area contributed by atoms with E-state index in [1.807, 2.05) is 52.4 Å². The van der Waals surface area contributed by atoms with Crippen LogP contribution in [-0.4, -0.2) is 43.7 Å². The minimum atomic E-state index is -0.181. The first kappa shape index (κ1) is 20.9. The molecule has 0 spiro atoms. The molecular weight excluding hydrogens is 442 g/mol. The van der Waals surface area contributed by atoms with E-state index in [0.717, 1.165) is 27.5 Å². The van der Waals surface area contributed by atoms with E-state index in [9.17, 15) is 4.79 Å². The fourth-order valence-electron chi connectivity index (χ4n) is 3.95. The lowest BCUT2D eigenvalue weighted by Crippen LogP contribution is -2.04. The summed E-state index contributed by atoms with van der Waals surface area (Å²) in [5.74, 6) is 2.04. The lowest BCUT2D eigenvalue weighted by atomic mass is 10.0. The number of carbonyl (C=O) groups excluding carboxylic acids is 1. The number of hydrogen-bond acceptors (Lipinski definition) is 7. The van der Waals surface area contributed by atoms with E-state index in [0.29, 0.717) is 34.3 Å². The molecule has 0 aliphatic carbocycles. The van der Waals surface area contributed by atoms with Crippen molar-refractivity contribution in [1.29, 1.82) is 0 Å². The lowest BCUT2D eigenvalue weighted by Gasteiger charge is -2.14. The van der Waals surface area contributed by atoms with Crippen molar-refractivity contribution in [1.82, 2.24) is 9.38 Å². The Hall–Kier alpha value is -3.98. The summed E-state index contributed by atoms with van der Waals surface area (Å²) in [5, 5.41) is 4.87. The van der Waals surface area contributed by atoms with Gasteiger partial charge in [-0.15, -0.1) is 11.3 Å². The standard InChI is InChI=1S/C24H21N3O5S/c1-29-14-5-6-17-15(11-14)16(23(28)25-17)12-18-21(26-24-27(18)7-8-33-24)13-9-19(30-2)22(32-4)20(10-13)31-3/h5-12H,1-4H3,(H,25,28)/b16-12-. The van der Waals surface area contributed by atoms with Gasteiger partial charge in [0.25, 0.3) is 5.91 Å². The molecule has 1 N–H and O–H groups in total. The van der Waals surface area contributed by atoms with Crippen molar-refractivity contribution in [2.75, 3.05) is 33.8 Å². The van der Waals surface area contributed by atoms with E-state index in [4.69, 9.17) is 23.9 Å². The molecule has 3 heterocycles. The molecule has 2 aromatic heterocycles. The van der Waals surface area contributed by atoms with Crippen LogP contribution in [0.15, 0.2) is 41.9 Å². The van der Waals surface area contributed by atoms with Crippen molar-refractivity contribution in [3.63, 3.8) is 0 Å². The summed E-state index contributed by atoms with van der Waals surface area (Å²) in [5.41, 5.74) is 4.29. The highest BCUT2D eigenvalue weighted by Gasteiger charge is 2.27. The summed E-state index contributed by atoms with van der Waals surface area (Å²) in [6, 6.07) is 9.20. The molecule has 0 fully saturated rings. The first-order valence-corrected chi connectivity index (χ1v) is 10.9. The first-order chi connectivity index (χ1) is 16.1. The third-order valence-corrected chi connectivity index (χ3v) is 6.28. The zero-order valence-electron chi connectivity index (χ0n) is 18.5. The van der Waals surface area contributed by atoms with Gasteiger partial charge in [0.1, 0.15) is 5.75 Å². The Morgan fingerprint density at radius 1 is 1.00 bits per heavy atom. The van der Waals surface area contributed by atoms with Gasteiger partial charge in [-0.1, -0.05) is 0 Å². The van der Waals surface area contributed by atoms with E-state index < -0.39 is 0 Å². The largest absolute Gasteiger partial charge is 0.497 e. The average molecular weight is 464 g/mol. The summed E-state index contributed by atoms with van der Waals surface area (Å²) in [7, 11) is 6.31. The van der Waals surface area contributed by atoms with Gasteiger partial charge in [-0.05, 0) is 36.4 Å². The predicted octanol–water partition coefficient (Wildman–Crippen LogP) is 4.59. The number of anilines is 1. The fraction of sp³-hybridized carbons (Fsp3) is 0.167. The highest BCUT2D eigenvalue weighted by Crippen LogP contribution is 2.43. The molecule has 0 radical (unpaired) electrons. The monoisotopic (exact) mass is 463 g/mol. The van der Waals surface area contributed by atoms with Crippen LogP contribution in [0.25, 0.3) is 27.9 Å². The summed E-state index contributed by atoms with van der Waals surface area (Å²) in [6.45, 7) is 0. The van der Waals surface area contributed by atoms with Gasteiger partial charge in [0, 0.05) is 28.4 Å². The van der Waals surface area contributed by atoms with E-state index in [2.05, 4.69) is 5.32 Å². The second-order valence-corrected chi connectivity index (χ2v) is 8.11. The van der Waals surface area contributed by atoms with E-state index in [-0.39, 0.29) is 5.91 Å². The Bertz CT molecular complexity index is 1390. The molecule has 5 rings (SSSR count). The second kappa shape index (κ2) is 8.18. The van der Waals surface area contributed by atoms with E-state index in [1.54, 1.807) is 28.4 Å². The third-order valence-electron chi connectivity index (χ3n) is 5.53. The molecule has 9 heteroatoms. The van der Waals surface area contributed by atoms with Crippen LogP contribution < -0.4 is 24.3 Å². The van der Waals surface area contributed by atoms with Gasteiger partial charge in [-0.3, -0.25) is 9.20 Å². The highest BCUT2D eigenvalue weighted by molar-refractivity contribution is 7.15. The smallest absolute Gasteiger partial charge is 0.256 e. The van der Waals surface area contributed by atoms with Gasteiger partial charge in [-0.2, -0.15) is 0 Å². The van der Waals surface area contributed by atoms with Crippen LogP contribution in [0.2, 0.25) is 0 Å². The Labute approximate surface area is 194 Å². The van der Waals surface area contributed by atoms with Crippen LogP contribution in [0, 0.1) is 0 Å². The zero-order chi connectivity index (χ0) is 23.1. The van der Waals surface area contributed by atoms with Crippen LogP contribution >= 0.6 is 11.3 Å². The Balaban J connectivity index is 1.73. The number of nitrogens with one attached hydrogen (secondary N) is 1. The minimum absolute atomic E-state index is 0.181. The molecule has 0 atom stereocenters. The number of fused-ring (bicyclic) bond motifs is 2. The highest BCUT2D eigenvalue weighted by atomic mass is 32.1. The fourth-order valence-corrected chi connectivity index (χ4v) is 4.67. The SMILES string of the molecule is COc1ccc2c(c1)/C(=C/c1c(-c3cc(OC)c(OC)c(OC)c3)nc3sccn13)C(=O)N2. The maximum Gasteiger partial charge on any atom is 0.256 e. The Morgan fingerprint density at radius 3 is 2.42 bits per heavy atom. The Kier molecular flexibility index (Phi) is 5.18. The number of methoxy groups -OCH3 is 4. The van der Waals surface area contributed by atoms with Crippen molar-refractivity contribution < 1.29 is 23.7 Å². The topological polar surface area (TPSA) is 83.3 Å². The maximum absolute atomic E-state index is 12.9. The van der Waals surface area contributed by atoms with Crippen molar-refractivity contribution in [2.24, 2.45) is 0 Å². The first-order valence-electron chi connectivity index (χ1n) is 10.0. The predicted molar refractivity (Wildman–Crippen MR) is 128 cm³/mol. The summed E-state index contributed by atoms with van der Waals surface area (Å²) in [4.78, 5) is 18.5. The number of amides is 1.